The molecule has 1 aromatic heterocycles. The van der Waals surface area contributed by atoms with E-state index in [0.717, 1.165) is 0 Å². The summed E-state index contributed by atoms with van der Waals surface area (Å²) in [5.41, 5.74) is 1.38. The van der Waals surface area contributed by atoms with Gasteiger partial charge in [0.1, 0.15) is 0 Å². The molecule has 0 aliphatic carbocycles. The van der Waals surface area contributed by atoms with E-state index in [-0.39, 0.29) is 0 Å². The summed E-state index contributed by atoms with van der Waals surface area (Å²) in [6.45, 7) is 2.12. The number of hydrogen-bond acceptors (Lipinski definition) is 1. The first-order valence-corrected chi connectivity index (χ1v) is 4.05. The van der Waals surface area contributed by atoms with Gasteiger partial charge >= 0.3 is 22.6 Å². The van der Waals surface area contributed by atoms with E-state index in [2.05, 4.69) is 41.0 Å². The molecule has 0 aliphatic heterocycles. The molecule has 38 valence electrons. The highest BCUT2D eigenvalue weighted by Gasteiger charge is 1.95. The van der Waals surface area contributed by atoms with Crippen LogP contribution in [-0.2, 0) is 0 Å². The molecule has 7 heavy (non-hydrogen) atoms. The molecule has 1 rings (SSSR count). The van der Waals surface area contributed by atoms with E-state index in [1.165, 1.54) is 8.45 Å². The third-order valence-corrected chi connectivity index (χ3v) is 2.71. The molecule has 0 N–H and O–H groups in total. The Labute approximate surface area is 60.7 Å². The third kappa shape index (κ3) is 1.42. The van der Waals surface area contributed by atoms with Crippen LogP contribution in [0.5, 0.6) is 0 Å². The van der Waals surface area contributed by atoms with Crippen LogP contribution in [-0.4, -0.2) is 0 Å². The second-order valence-corrected chi connectivity index (χ2v) is 4.42. The van der Waals surface area contributed by atoms with E-state index in [0.29, 0.717) is 0 Å². The maximum absolute atomic E-state index is 2.19. The van der Waals surface area contributed by atoms with Crippen molar-refractivity contribution in [1.82, 2.24) is 0 Å². The van der Waals surface area contributed by atoms with Gasteiger partial charge in [0.25, 0.3) is 0 Å². The Morgan fingerprint density at radius 1 is 1.71 bits per heavy atom. The minimum atomic E-state index is 1.38. The Balaban J connectivity index is 3.04. The molecule has 0 aliphatic rings. The van der Waals surface area contributed by atoms with Gasteiger partial charge in [-0.05, 0) is 17.9 Å². The predicted molar refractivity (Wildman–Crippen MR) is 29.1 cm³/mol. The number of halogens is 1. The summed E-state index contributed by atoms with van der Waals surface area (Å²) in [5.74, 6) is 0. The standard InChI is InChI=1S/C5H6IS/c1-4-2-5(6)7-3-4/h2-3,6H,1H3/q+1. The van der Waals surface area contributed by atoms with E-state index in [1.807, 2.05) is 11.3 Å². The summed E-state index contributed by atoms with van der Waals surface area (Å²) in [5, 5.41) is 2.16. The van der Waals surface area contributed by atoms with E-state index >= 15 is 0 Å². The zero-order valence-corrected chi connectivity index (χ0v) is 7.12. The zero-order chi connectivity index (χ0) is 5.28. The van der Waals surface area contributed by atoms with Gasteiger partial charge < -0.3 is 0 Å². The molecular formula is C5H6IS+. The van der Waals surface area contributed by atoms with Gasteiger partial charge in [0.2, 0.25) is 2.88 Å². The fraction of sp³-hybridized carbons (Fsp3) is 0.200. The van der Waals surface area contributed by atoms with Crippen molar-refractivity contribution in [2.24, 2.45) is 0 Å². The van der Waals surface area contributed by atoms with Gasteiger partial charge in [-0.25, -0.2) is 0 Å². The summed E-state index contributed by atoms with van der Waals surface area (Å²) in [6.07, 6.45) is 0. The van der Waals surface area contributed by atoms with Crippen molar-refractivity contribution in [1.29, 1.82) is 0 Å². The molecule has 0 amide bonds. The van der Waals surface area contributed by atoms with Crippen LogP contribution in [0.3, 0.4) is 0 Å². The Kier molecular flexibility index (Phi) is 1.69. The topological polar surface area (TPSA) is 0 Å². The Morgan fingerprint density at radius 2 is 2.43 bits per heavy atom. The summed E-state index contributed by atoms with van der Waals surface area (Å²) in [4.78, 5) is 0. The van der Waals surface area contributed by atoms with Crippen molar-refractivity contribution in [2.75, 3.05) is 0 Å². The van der Waals surface area contributed by atoms with Crippen LogP contribution in [0, 0.1) is 9.81 Å². The minimum absolute atomic E-state index is 1.38. The number of aryl methyl sites for hydroxylation is 1. The van der Waals surface area contributed by atoms with Gasteiger partial charge in [0.15, 0.2) is 0 Å². The van der Waals surface area contributed by atoms with E-state index in [4.69, 9.17) is 0 Å². The molecule has 0 atom stereocenters. The highest BCUT2D eigenvalue weighted by Crippen LogP contribution is 2.02. The maximum atomic E-state index is 2.19. The van der Waals surface area contributed by atoms with Gasteiger partial charge in [-0.3, -0.25) is 0 Å². The first-order valence-electron chi connectivity index (χ1n) is 2.01. The Bertz CT molecular complexity index is 140. The summed E-state index contributed by atoms with van der Waals surface area (Å²) < 4.78 is 1.41. The molecule has 2 heteroatoms. The molecule has 0 spiro atoms. The lowest BCUT2D eigenvalue weighted by Gasteiger charge is -1.64. The van der Waals surface area contributed by atoms with Crippen molar-refractivity contribution in [3.8, 4) is 0 Å². The summed E-state index contributed by atoms with van der Waals surface area (Å²) >= 11 is 3.87. The van der Waals surface area contributed by atoms with Crippen LogP contribution < -0.4 is 22.6 Å². The predicted octanol–water partition coefficient (Wildman–Crippen LogP) is -1.49. The fourth-order valence-electron chi connectivity index (χ4n) is 0.405. The largest absolute Gasteiger partial charge is 0.308 e. The van der Waals surface area contributed by atoms with Crippen molar-refractivity contribution in [2.45, 2.75) is 6.92 Å². The zero-order valence-electron chi connectivity index (χ0n) is 3.97. The first-order chi connectivity index (χ1) is 3.29. The fourth-order valence-corrected chi connectivity index (χ4v) is 1.97. The average molecular weight is 225 g/mol. The molecule has 1 heterocycles. The smallest absolute Gasteiger partial charge is 0.0966 e. The van der Waals surface area contributed by atoms with Crippen LogP contribution in [0.2, 0.25) is 0 Å². The molecule has 0 radical (unpaired) electrons. The van der Waals surface area contributed by atoms with Gasteiger partial charge in [0.05, 0.1) is 0 Å². The lowest BCUT2D eigenvalue weighted by molar-refractivity contribution is -0.319. The average Bonchev–Trinajstić information content (AvgIpc) is 1.87. The van der Waals surface area contributed by atoms with Crippen molar-refractivity contribution in [3.05, 3.63) is 19.9 Å². The monoisotopic (exact) mass is 225 g/mol. The molecule has 0 unspecified atom stereocenters. The molecule has 1 aromatic rings. The van der Waals surface area contributed by atoms with Crippen LogP contribution in [0.25, 0.3) is 0 Å². The lowest BCUT2D eigenvalue weighted by Crippen LogP contribution is -3.33. The number of hydrogen-bond donors (Lipinski definition) is 0. The van der Waals surface area contributed by atoms with Crippen molar-refractivity contribution < 1.29 is 22.6 Å². The molecule has 0 fully saturated rings. The SMILES string of the molecule is Cc1csc([IH+])c1. The van der Waals surface area contributed by atoms with Gasteiger partial charge in [-0.15, -0.1) is 0 Å². The van der Waals surface area contributed by atoms with Crippen molar-refractivity contribution in [3.63, 3.8) is 0 Å². The molecular weight excluding hydrogens is 219 g/mol. The Morgan fingerprint density at radius 3 is 2.57 bits per heavy atom. The van der Waals surface area contributed by atoms with Gasteiger partial charge in [-0.1, -0.05) is 11.3 Å². The highest BCUT2D eigenvalue weighted by molar-refractivity contribution is 7.07. The van der Waals surface area contributed by atoms with Crippen LogP contribution in [0.4, 0.5) is 0 Å². The van der Waals surface area contributed by atoms with E-state index in [1.54, 1.807) is 0 Å². The van der Waals surface area contributed by atoms with Crippen LogP contribution >= 0.6 is 11.3 Å². The molecule has 0 bridgehead atoms. The maximum Gasteiger partial charge on any atom is 0.308 e. The summed E-state index contributed by atoms with van der Waals surface area (Å²) in [7, 11) is 0. The normalized spacial score (nSPS) is 9.43. The van der Waals surface area contributed by atoms with Crippen LogP contribution in [0.15, 0.2) is 11.4 Å². The second kappa shape index (κ2) is 2.13. The van der Waals surface area contributed by atoms with E-state index in [9.17, 15) is 0 Å². The molecule has 0 saturated carbocycles. The van der Waals surface area contributed by atoms with E-state index < -0.39 is 0 Å². The van der Waals surface area contributed by atoms with Crippen LogP contribution in [0.1, 0.15) is 5.56 Å². The van der Waals surface area contributed by atoms with Gasteiger partial charge in [0, 0.05) is 6.07 Å². The molecule has 0 saturated heterocycles. The molecule has 0 aromatic carbocycles. The summed E-state index contributed by atoms with van der Waals surface area (Å²) in [6, 6.07) is 2.19. The Hall–Kier alpha value is 0.430. The highest BCUT2D eigenvalue weighted by atomic mass is 127. The number of thiophene rings is 1. The second-order valence-electron chi connectivity index (χ2n) is 1.44. The third-order valence-electron chi connectivity index (χ3n) is 0.706. The quantitative estimate of drug-likeness (QED) is 0.472. The molecule has 0 nitrogen and oxygen atoms in total. The van der Waals surface area contributed by atoms with Gasteiger partial charge in [-0.2, -0.15) is 0 Å². The van der Waals surface area contributed by atoms with Crippen molar-refractivity contribution >= 4 is 11.3 Å². The lowest BCUT2D eigenvalue weighted by atomic mass is 10.4. The minimum Gasteiger partial charge on any atom is -0.0966 e. The first kappa shape index (κ1) is 5.56. The number of rotatable bonds is 0.